The zero-order valence-electron chi connectivity index (χ0n) is 13.0. The minimum absolute atomic E-state index is 0.0177. The molecule has 1 fully saturated rings. The molecule has 9 heteroatoms. The van der Waals surface area contributed by atoms with Crippen molar-refractivity contribution in [2.45, 2.75) is 19.8 Å². The highest BCUT2D eigenvalue weighted by molar-refractivity contribution is 8.00. The lowest BCUT2D eigenvalue weighted by molar-refractivity contribution is -0.131. The summed E-state index contributed by atoms with van der Waals surface area (Å²) in [7, 11) is 0. The number of hydrogen-bond acceptors (Lipinski definition) is 6. The number of amides is 3. The number of likely N-dealkylation sites (tertiary alicyclic amines) is 1. The van der Waals surface area contributed by atoms with Gasteiger partial charge in [0.1, 0.15) is 5.76 Å². The highest BCUT2D eigenvalue weighted by Gasteiger charge is 2.18. The van der Waals surface area contributed by atoms with Crippen molar-refractivity contribution < 1.29 is 18.9 Å². The van der Waals surface area contributed by atoms with Gasteiger partial charge in [0, 0.05) is 19.2 Å². The molecule has 0 spiro atoms. The van der Waals surface area contributed by atoms with Crippen molar-refractivity contribution >= 4 is 35.3 Å². The first-order chi connectivity index (χ1) is 11.0. The Balaban J connectivity index is 1.57. The van der Waals surface area contributed by atoms with Crippen LogP contribution in [-0.2, 0) is 14.4 Å². The van der Waals surface area contributed by atoms with Crippen molar-refractivity contribution in [2.75, 3.05) is 36.5 Å². The second kappa shape index (κ2) is 8.56. The van der Waals surface area contributed by atoms with Crippen molar-refractivity contribution in [3.8, 4) is 0 Å². The SMILES string of the molecule is Cc1cc(NC(=O)CSCC(=O)NCC(=O)N2CCCC2)no1. The van der Waals surface area contributed by atoms with Gasteiger partial charge in [0.15, 0.2) is 5.82 Å². The van der Waals surface area contributed by atoms with Gasteiger partial charge in [-0.05, 0) is 19.8 Å². The molecule has 2 rings (SSSR count). The molecule has 1 aliphatic rings. The third kappa shape index (κ3) is 5.93. The van der Waals surface area contributed by atoms with Gasteiger partial charge in [-0.25, -0.2) is 0 Å². The molecule has 0 atom stereocenters. The molecule has 23 heavy (non-hydrogen) atoms. The van der Waals surface area contributed by atoms with Gasteiger partial charge in [0.2, 0.25) is 17.7 Å². The number of anilines is 1. The van der Waals surface area contributed by atoms with Crippen LogP contribution in [0.25, 0.3) is 0 Å². The first kappa shape index (κ1) is 17.3. The maximum Gasteiger partial charge on any atom is 0.241 e. The summed E-state index contributed by atoms with van der Waals surface area (Å²) in [5.74, 6) is 0.637. The highest BCUT2D eigenvalue weighted by atomic mass is 32.2. The van der Waals surface area contributed by atoms with Gasteiger partial charge in [0.25, 0.3) is 0 Å². The van der Waals surface area contributed by atoms with Crippen molar-refractivity contribution in [1.82, 2.24) is 15.4 Å². The normalized spacial score (nSPS) is 13.9. The average Bonchev–Trinajstić information content (AvgIpc) is 3.16. The number of nitrogens with one attached hydrogen (secondary N) is 2. The van der Waals surface area contributed by atoms with Gasteiger partial charge in [-0.3, -0.25) is 14.4 Å². The van der Waals surface area contributed by atoms with Crippen LogP contribution >= 0.6 is 11.8 Å². The minimum Gasteiger partial charge on any atom is -0.360 e. The zero-order chi connectivity index (χ0) is 16.7. The second-order valence-electron chi connectivity index (χ2n) is 5.23. The summed E-state index contributed by atoms with van der Waals surface area (Å²) in [6.45, 7) is 3.28. The Morgan fingerprint density at radius 1 is 1.26 bits per heavy atom. The third-order valence-electron chi connectivity index (χ3n) is 3.26. The quantitative estimate of drug-likeness (QED) is 0.744. The van der Waals surface area contributed by atoms with Crippen LogP contribution in [0.15, 0.2) is 10.6 Å². The monoisotopic (exact) mass is 340 g/mol. The molecular formula is C14H20N4O4S. The van der Waals surface area contributed by atoms with Crippen LogP contribution in [0.5, 0.6) is 0 Å². The molecule has 0 radical (unpaired) electrons. The van der Waals surface area contributed by atoms with Crippen molar-refractivity contribution in [2.24, 2.45) is 0 Å². The van der Waals surface area contributed by atoms with E-state index in [4.69, 9.17) is 4.52 Å². The molecule has 0 aliphatic carbocycles. The van der Waals surface area contributed by atoms with E-state index in [2.05, 4.69) is 15.8 Å². The molecule has 1 aliphatic heterocycles. The summed E-state index contributed by atoms with van der Waals surface area (Å²) in [6.07, 6.45) is 2.05. The van der Waals surface area contributed by atoms with E-state index in [0.717, 1.165) is 25.9 Å². The van der Waals surface area contributed by atoms with Crippen LogP contribution in [0.2, 0.25) is 0 Å². The lowest BCUT2D eigenvalue weighted by Crippen LogP contribution is -2.39. The number of hydrogen-bond donors (Lipinski definition) is 2. The van der Waals surface area contributed by atoms with E-state index in [1.54, 1.807) is 17.9 Å². The fourth-order valence-corrected chi connectivity index (χ4v) is 2.79. The molecule has 2 N–H and O–H groups in total. The standard InChI is InChI=1S/C14H20N4O4S/c1-10-6-11(17-22-10)16-13(20)9-23-8-12(19)15-7-14(21)18-4-2-3-5-18/h6H,2-5,7-9H2,1H3,(H,15,19)(H,16,17,20). The minimum atomic E-state index is -0.260. The number of rotatable bonds is 7. The summed E-state index contributed by atoms with van der Waals surface area (Å²) in [4.78, 5) is 36.8. The molecule has 2 heterocycles. The fourth-order valence-electron chi connectivity index (χ4n) is 2.14. The van der Waals surface area contributed by atoms with Crippen molar-refractivity contribution in [3.63, 3.8) is 0 Å². The summed E-state index contributed by atoms with van der Waals surface area (Å²) in [5, 5.41) is 8.79. The molecule has 126 valence electrons. The fraction of sp³-hybridized carbons (Fsp3) is 0.571. The summed E-state index contributed by atoms with van der Waals surface area (Å²) in [6, 6.07) is 1.61. The largest absolute Gasteiger partial charge is 0.360 e. The summed E-state index contributed by atoms with van der Waals surface area (Å²) < 4.78 is 4.83. The zero-order valence-corrected chi connectivity index (χ0v) is 13.8. The van der Waals surface area contributed by atoms with E-state index in [1.165, 1.54) is 11.8 Å². The smallest absolute Gasteiger partial charge is 0.241 e. The summed E-state index contributed by atoms with van der Waals surface area (Å²) >= 11 is 1.17. The molecule has 1 aromatic rings. The van der Waals surface area contributed by atoms with E-state index in [-0.39, 0.29) is 35.8 Å². The van der Waals surface area contributed by atoms with E-state index in [9.17, 15) is 14.4 Å². The molecular weight excluding hydrogens is 320 g/mol. The second-order valence-corrected chi connectivity index (χ2v) is 6.21. The summed E-state index contributed by atoms with van der Waals surface area (Å²) in [5.41, 5.74) is 0. The van der Waals surface area contributed by atoms with E-state index in [1.807, 2.05) is 0 Å². The Hall–Kier alpha value is -2.03. The number of aromatic nitrogens is 1. The third-order valence-corrected chi connectivity index (χ3v) is 4.19. The topological polar surface area (TPSA) is 105 Å². The van der Waals surface area contributed by atoms with Crippen LogP contribution in [0.4, 0.5) is 5.82 Å². The predicted molar refractivity (Wildman–Crippen MR) is 86.0 cm³/mol. The Morgan fingerprint density at radius 2 is 1.96 bits per heavy atom. The molecule has 0 unspecified atom stereocenters. The van der Waals surface area contributed by atoms with Crippen molar-refractivity contribution in [3.05, 3.63) is 11.8 Å². The van der Waals surface area contributed by atoms with Gasteiger partial charge in [-0.2, -0.15) is 0 Å². The van der Waals surface area contributed by atoms with Crippen LogP contribution < -0.4 is 10.6 Å². The van der Waals surface area contributed by atoms with Crippen LogP contribution in [0.1, 0.15) is 18.6 Å². The van der Waals surface area contributed by atoms with E-state index >= 15 is 0 Å². The number of nitrogens with zero attached hydrogens (tertiary/aromatic N) is 2. The molecule has 1 saturated heterocycles. The molecule has 0 saturated carbocycles. The molecule has 8 nitrogen and oxygen atoms in total. The number of aryl methyl sites for hydroxylation is 1. The molecule has 0 aromatic carbocycles. The lowest BCUT2D eigenvalue weighted by Gasteiger charge is -2.15. The number of carbonyl (C=O) groups excluding carboxylic acids is 3. The van der Waals surface area contributed by atoms with Gasteiger partial charge < -0.3 is 20.1 Å². The van der Waals surface area contributed by atoms with E-state index < -0.39 is 0 Å². The van der Waals surface area contributed by atoms with Crippen molar-refractivity contribution in [1.29, 1.82) is 0 Å². The van der Waals surface area contributed by atoms with Gasteiger partial charge in [-0.15, -0.1) is 11.8 Å². The first-order valence-corrected chi connectivity index (χ1v) is 8.55. The number of carbonyl (C=O) groups is 3. The molecule has 3 amide bonds. The molecule has 1 aromatic heterocycles. The molecule has 0 bridgehead atoms. The van der Waals surface area contributed by atoms with Gasteiger partial charge in [-0.1, -0.05) is 5.16 Å². The predicted octanol–water partition coefficient (Wildman–Crippen LogP) is 0.393. The highest BCUT2D eigenvalue weighted by Crippen LogP contribution is 2.09. The average molecular weight is 340 g/mol. The van der Waals surface area contributed by atoms with E-state index in [0.29, 0.717) is 11.6 Å². The van der Waals surface area contributed by atoms with Gasteiger partial charge >= 0.3 is 0 Å². The Labute approximate surface area is 138 Å². The Morgan fingerprint density at radius 3 is 2.61 bits per heavy atom. The Bertz CT molecular complexity index is 569. The Kier molecular flexibility index (Phi) is 6.45. The van der Waals surface area contributed by atoms with Crippen LogP contribution in [0, 0.1) is 6.92 Å². The van der Waals surface area contributed by atoms with Crippen LogP contribution in [0.3, 0.4) is 0 Å². The van der Waals surface area contributed by atoms with Gasteiger partial charge in [0.05, 0.1) is 18.1 Å². The maximum atomic E-state index is 11.8. The lowest BCUT2D eigenvalue weighted by atomic mass is 10.4. The number of thioether (sulfide) groups is 1. The maximum absolute atomic E-state index is 11.8. The first-order valence-electron chi connectivity index (χ1n) is 7.40. The van der Waals surface area contributed by atoms with Crippen LogP contribution in [-0.4, -0.2) is 58.9 Å².